The molecule has 2 N–H and O–H groups in total. The average Bonchev–Trinajstić information content (AvgIpc) is 2.77. The molecule has 0 saturated heterocycles. The lowest BCUT2D eigenvalue weighted by Crippen LogP contribution is -2.42. The van der Waals surface area contributed by atoms with Crippen molar-refractivity contribution in [1.82, 2.24) is 10.9 Å². The molecule has 2 aromatic rings. The van der Waals surface area contributed by atoms with Gasteiger partial charge in [-0.3, -0.25) is 9.59 Å². The van der Waals surface area contributed by atoms with E-state index in [2.05, 4.69) is 21.1 Å². The SMILES string of the molecule is O=C(N/N=C\c1ccc(Cl)cc1)C(C(=O)N/N=C/c1ccc(Cl)cc1)C1C=CCCC1. The van der Waals surface area contributed by atoms with Gasteiger partial charge >= 0.3 is 0 Å². The van der Waals surface area contributed by atoms with Gasteiger partial charge in [0.15, 0.2) is 0 Å². The summed E-state index contributed by atoms with van der Waals surface area (Å²) in [5.41, 5.74) is 6.50. The van der Waals surface area contributed by atoms with Crippen molar-refractivity contribution >= 4 is 47.4 Å². The number of carbonyl (C=O) groups is 2. The summed E-state index contributed by atoms with van der Waals surface area (Å²) in [6, 6.07) is 14.0. The van der Waals surface area contributed by atoms with Crippen LogP contribution in [0.4, 0.5) is 0 Å². The van der Waals surface area contributed by atoms with Crippen LogP contribution in [0.3, 0.4) is 0 Å². The maximum Gasteiger partial charge on any atom is 0.253 e. The lowest BCUT2D eigenvalue weighted by Gasteiger charge is -2.23. The molecule has 0 aromatic heterocycles. The highest BCUT2D eigenvalue weighted by atomic mass is 35.5. The van der Waals surface area contributed by atoms with Crippen molar-refractivity contribution in [1.29, 1.82) is 0 Å². The molecule has 1 aliphatic carbocycles. The van der Waals surface area contributed by atoms with E-state index in [9.17, 15) is 9.59 Å². The number of nitrogens with one attached hydrogen (secondary N) is 2. The smallest absolute Gasteiger partial charge is 0.253 e. The summed E-state index contributed by atoms with van der Waals surface area (Å²) >= 11 is 11.7. The predicted molar refractivity (Wildman–Crippen MR) is 124 cm³/mol. The summed E-state index contributed by atoms with van der Waals surface area (Å²) in [5.74, 6) is -2.13. The number of carbonyl (C=O) groups excluding carboxylic acids is 2. The zero-order valence-electron chi connectivity index (χ0n) is 16.7. The molecule has 1 aliphatic rings. The van der Waals surface area contributed by atoms with Crippen LogP contribution in [0.15, 0.2) is 70.9 Å². The Balaban J connectivity index is 1.66. The third kappa shape index (κ3) is 7.05. The van der Waals surface area contributed by atoms with E-state index in [1.165, 1.54) is 12.4 Å². The van der Waals surface area contributed by atoms with Gasteiger partial charge in [0.25, 0.3) is 11.8 Å². The Labute approximate surface area is 191 Å². The molecule has 0 aliphatic heterocycles. The van der Waals surface area contributed by atoms with Gasteiger partial charge in [-0.25, -0.2) is 10.9 Å². The lowest BCUT2D eigenvalue weighted by atomic mass is 9.83. The highest BCUT2D eigenvalue weighted by molar-refractivity contribution is 6.30. The fourth-order valence-corrected chi connectivity index (χ4v) is 3.45. The molecule has 8 heteroatoms. The first-order valence-electron chi connectivity index (χ1n) is 9.86. The van der Waals surface area contributed by atoms with E-state index < -0.39 is 17.7 Å². The van der Waals surface area contributed by atoms with Gasteiger partial charge in [0.2, 0.25) is 0 Å². The molecular weight excluding hydrogens is 435 g/mol. The van der Waals surface area contributed by atoms with E-state index in [-0.39, 0.29) is 5.92 Å². The van der Waals surface area contributed by atoms with Crippen molar-refractivity contribution < 1.29 is 9.59 Å². The minimum atomic E-state index is -0.943. The number of hydrogen-bond acceptors (Lipinski definition) is 4. The second-order valence-electron chi connectivity index (χ2n) is 7.07. The van der Waals surface area contributed by atoms with E-state index >= 15 is 0 Å². The zero-order chi connectivity index (χ0) is 22.1. The third-order valence-electron chi connectivity index (χ3n) is 4.80. The third-order valence-corrected chi connectivity index (χ3v) is 5.31. The number of benzene rings is 2. The van der Waals surface area contributed by atoms with Gasteiger partial charge in [-0.1, -0.05) is 59.6 Å². The maximum atomic E-state index is 12.8. The summed E-state index contributed by atoms with van der Waals surface area (Å²) in [5, 5.41) is 9.19. The Morgan fingerprint density at radius 2 is 1.35 bits per heavy atom. The molecular formula is C23H22Cl2N4O2. The molecule has 0 saturated carbocycles. The first-order chi connectivity index (χ1) is 15.0. The minimum Gasteiger partial charge on any atom is -0.272 e. The quantitative estimate of drug-likeness (QED) is 0.277. The monoisotopic (exact) mass is 456 g/mol. The Hall–Kier alpha value is -2.96. The van der Waals surface area contributed by atoms with Crippen LogP contribution in [0.5, 0.6) is 0 Å². The molecule has 0 heterocycles. The predicted octanol–water partition coefficient (Wildman–Crippen LogP) is 4.57. The Bertz CT molecular complexity index is 916. The number of allylic oxidation sites excluding steroid dienone is 2. The van der Waals surface area contributed by atoms with E-state index in [0.717, 1.165) is 30.4 Å². The van der Waals surface area contributed by atoms with E-state index in [1.54, 1.807) is 48.5 Å². The van der Waals surface area contributed by atoms with Crippen molar-refractivity contribution in [3.05, 3.63) is 81.9 Å². The minimum absolute atomic E-state index is 0.217. The molecule has 0 bridgehead atoms. The van der Waals surface area contributed by atoms with Crippen LogP contribution < -0.4 is 10.9 Å². The summed E-state index contributed by atoms with van der Waals surface area (Å²) in [4.78, 5) is 25.6. The summed E-state index contributed by atoms with van der Waals surface area (Å²) in [7, 11) is 0. The van der Waals surface area contributed by atoms with Crippen LogP contribution in [0.25, 0.3) is 0 Å². The maximum absolute atomic E-state index is 12.8. The van der Waals surface area contributed by atoms with Gasteiger partial charge in [0.1, 0.15) is 5.92 Å². The molecule has 3 rings (SSSR count). The van der Waals surface area contributed by atoms with E-state index in [4.69, 9.17) is 23.2 Å². The van der Waals surface area contributed by atoms with Crippen LogP contribution in [0.2, 0.25) is 10.0 Å². The standard InChI is InChI=1S/C23H22Cl2N4O2/c24-19-10-6-16(7-11-19)14-26-28-22(30)21(18-4-2-1-3-5-18)23(31)29-27-15-17-8-12-20(25)13-9-17/h2,4,6-15,18,21H,1,3,5H2,(H,28,30)(H,29,31)/b26-14-,27-15+. The van der Waals surface area contributed by atoms with E-state index in [0.29, 0.717) is 10.0 Å². The Kier molecular flexibility index (Phi) is 8.38. The second kappa shape index (κ2) is 11.4. The number of halogens is 2. The van der Waals surface area contributed by atoms with Crippen molar-refractivity contribution in [3.8, 4) is 0 Å². The number of hydrogen-bond donors (Lipinski definition) is 2. The van der Waals surface area contributed by atoms with Gasteiger partial charge in [-0.15, -0.1) is 0 Å². The zero-order valence-corrected chi connectivity index (χ0v) is 18.2. The topological polar surface area (TPSA) is 82.9 Å². The highest BCUT2D eigenvalue weighted by Gasteiger charge is 2.34. The molecule has 2 amide bonds. The summed E-state index contributed by atoms with van der Waals surface area (Å²) < 4.78 is 0. The van der Waals surface area contributed by atoms with Gasteiger partial charge in [-0.2, -0.15) is 10.2 Å². The summed E-state index contributed by atoms with van der Waals surface area (Å²) in [6.45, 7) is 0. The second-order valence-corrected chi connectivity index (χ2v) is 7.95. The van der Waals surface area contributed by atoms with Crippen molar-refractivity contribution in [2.24, 2.45) is 22.0 Å². The molecule has 0 spiro atoms. The highest BCUT2D eigenvalue weighted by Crippen LogP contribution is 2.25. The van der Waals surface area contributed by atoms with Gasteiger partial charge in [-0.05, 0) is 60.6 Å². The van der Waals surface area contributed by atoms with Gasteiger partial charge in [0, 0.05) is 10.0 Å². The molecule has 0 fully saturated rings. The molecule has 2 unspecified atom stereocenters. The normalized spacial score (nSPS) is 17.0. The van der Waals surface area contributed by atoms with Gasteiger partial charge in [0.05, 0.1) is 12.4 Å². The fraction of sp³-hybridized carbons (Fsp3) is 0.217. The number of nitrogens with zero attached hydrogens (tertiary/aromatic N) is 2. The first kappa shape index (κ1) is 22.7. The largest absolute Gasteiger partial charge is 0.272 e. The Morgan fingerprint density at radius 3 is 1.77 bits per heavy atom. The van der Waals surface area contributed by atoms with Crippen LogP contribution in [0.1, 0.15) is 30.4 Å². The van der Waals surface area contributed by atoms with Crippen molar-refractivity contribution in [2.75, 3.05) is 0 Å². The average molecular weight is 457 g/mol. The molecule has 0 radical (unpaired) electrons. The molecule has 31 heavy (non-hydrogen) atoms. The molecule has 2 aromatic carbocycles. The van der Waals surface area contributed by atoms with E-state index in [1.807, 2.05) is 12.2 Å². The van der Waals surface area contributed by atoms with Crippen molar-refractivity contribution in [3.63, 3.8) is 0 Å². The van der Waals surface area contributed by atoms with Crippen LogP contribution in [-0.2, 0) is 9.59 Å². The number of hydrazone groups is 2. The summed E-state index contributed by atoms with van der Waals surface area (Å²) in [6.07, 6.45) is 9.51. The molecule has 160 valence electrons. The number of amides is 2. The van der Waals surface area contributed by atoms with Crippen LogP contribution in [0, 0.1) is 11.8 Å². The molecule has 6 nitrogen and oxygen atoms in total. The van der Waals surface area contributed by atoms with Crippen LogP contribution >= 0.6 is 23.2 Å². The van der Waals surface area contributed by atoms with Crippen LogP contribution in [-0.4, -0.2) is 24.2 Å². The lowest BCUT2D eigenvalue weighted by molar-refractivity contribution is -0.137. The fourth-order valence-electron chi connectivity index (χ4n) is 3.20. The first-order valence-corrected chi connectivity index (χ1v) is 10.6. The molecule has 2 atom stereocenters. The number of rotatable bonds is 7. The Morgan fingerprint density at radius 1 is 0.871 bits per heavy atom. The van der Waals surface area contributed by atoms with Crippen molar-refractivity contribution in [2.45, 2.75) is 19.3 Å². The van der Waals surface area contributed by atoms with Gasteiger partial charge < -0.3 is 0 Å².